The highest BCUT2D eigenvalue weighted by Crippen LogP contribution is 2.31. The number of aliphatic hydroxyl groups excluding tert-OH is 1. The van der Waals surface area contributed by atoms with Gasteiger partial charge in [-0.2, -0.15) is 0 Å². The van der Waals surface area contributed by atoms with Gasteiger partial charge in [0.15, 0.2) is 0 Å². The van der Waals surface area contributed by atoms with Crippen molar-refractivity contribution in [2.24, 2.45) is 5.92 Å². The van der Waals surface area contributed by atoms with Crippen LogP contribution in [0.25, 0.3) is 0 Å². The molecule has 0 aliphatic carbocycles. The molecule has 6 heteroatoms. The molecule has 0 spiro atoms. The largest absolute Gasteiger partial charge is 0.388 e. The van der Waals surface area contributed by atoms with Crippen molar-refractivity contribution in [3.8, 4) is 0 Å². The molecular weight excluding hydrogens is 266 g/mol. The van der Waals surface area contributed by atoms with E-state index >= 15 is 0 Å². The lowest BCUT2D eigenvalue weighted by atomic mass is 9.88. The van der Waals surface area contributed by atoms with Gasteiger partial charge in [-0.05, 0) is 30.4 Å². The molecule has 1 aliphatic heterocycles. The van der Waals surface area contributed by atoms with Crippen molar-refractivity contribution in [3.63, 3.8) is 0 Å². The van der Waals surface area contributed by atoms with Gasteiger partial charge in [0.2, 0.25) is 0 Å². The van der Waals surface area contributed by atoms with Crippen molar-refractivity contribution in [2.75, 3.05) is 23.7 Å². The molecule has 2 aromatic heterocycles. The summed E-state index contributed by atoms with van der Waals surface area (Å²) in [5.41, 5.74) is 6.56. The van der Waals surface area contributed by atoms with E-state index in [4.69, 9.17) is 5.73 Å². The molecule has 0 amide bonds. The first-order chi connectivity index (χ1) is 10.2. The molecule has 1 saturated heterocycles. The second kappa shape index (κ2) is 6.05. The first kappa shape index (κ1) is 13.8. The molecule has 0 bridgehead atoms. The average molecular weight is 285 g/mol. The van der Waals surface area contributed by atoms with Crippen LogP contribution in [0.4, 0.5) is 11.6 Å². The number of aliphatic hydroxyl groups is 1. The number of nitrogens with zero attached hydrogens (tertiary/aromatic N) is 4. The molecule has 3 N–H and O–H groups in total. The van der Waals surface area contributed by atoms with Crippen molar-refractivity contribution in [3.05, 3.63) is 42.5 Å². The standard InChI is InChI=1S/C15H19N5O/c16-13-9-18-10-14(19-13)20-6-3-11(4-7-20)15(21)12-2-1-5-17-8-12/h1-2,5,8-11,15,21H,3-4,6-7H2,(H2,16,19). The summed E-state index contributed by atoms with van der Waals surface area (Å²) in [5, 5.41) is 10.4. The van der Waals surface area contributed by atoms with Crippen molar-refractivity contribution in [2.45, 2.75) is 18.9 Å². The van der Waals surface area contributed by atoms with Gasteiger partial charge in [0.1, 0.15) is 11.6 Å². The summed E-state index contributed by atoms with van der Waals surface area (Å²) in [7, 11) is 0. The number of anilines is 2. The first-order valence-electron chi connectivity index (χ1n) is 7.14. The normalized spacial score (nSPS) is 17.7. The van der Waals surface area contributed by atoms with Crippen LogP contribution in [-0.4, -0.2) is 33.1 Å². The second-order valence-corrected chi connectivity index (χ2v) is 5.36. The minimum Gasteiger partial charge on any atom is -0.388 e. The zero-order chi connectivity index (χ0) is 14.7. The van der Waals surface area contributed by atoms with Crippen LogP contribution in [0.15, 0.2) is 36.9 Å². The van der Waals surface area contributed by atoms with Gasteiger partial charge in [0.05, 0.1) is 18.5 Å². The minimum atomic E-state index is -0.451. The Kier molecular flexibility index (Phi) is 3.96. The summed E-state index contributed by atoms with van der Waals surface area (Å²) in [6.45, 7) is 1.69. The average Bonchev–Trinajstić information content (AvgIpc) is 2.55. The lowest BCUT2D eigenvalue weighted by Gasteiger charge is -2.34. The Bertz CT molecular complexity index is 584. The predicted molar refractivity (Wildman–Crippen MR) is 80.6 cm³/mol. The highest BCUT2D eigenvalue weighted by atomic mass is 16.3. The van der Waals surface area contributed by atoms with Gasteiger partial charge >= 0.3 is 0 Å². The van der Waals surface area contributed by atoms with Crippen molar-refractivity contribution in [1.29, 1.82) is 0 Å². The number of hydrogen-bond donors (Lipinski definition) is 2. The molecule has 110 valence electrons. The van der Waals surface area contributed by atoms with Gasteiger partial charge in [0, 0.05) is 25.5 Å². The molecule has 1 unspecified atom stereocenters. The summed E-state index contributed by atoms with van der Waals surface area (Å²) in [6.07, 6.45) is 8.10. The Balaban J connectivity index is 1.63. The Morgan fingerprint density at radius 1 is 1.19 bits per heavy atom. The van der Waals surface area contributed by atoms with E-state index in [1.807, 2.05) is 12.1 Å². The third-order valence-corrected chi connectivity index (χ3v) is 3.98. The van der Waals surface area contributed by atoms with Crippen LogP contribution >= 0.6 is 0 Å². The lowest BCUT2D eigenvalue weighted by Crippen LogP contribution is -2.36. The van der Waals surface area contributed by atoms with Crippen molar-refractivity contribution in [1.82, 2.24) is 15.0 Å². The quantitative estimate of drug-likeness (QED) is 0.886. The minimum absolute atomic E-state index is 0.250. The summed E-state index contributed by atoms with van der Waals surface area (Å²) in [6, 6.07) is 3.78. The van der Waals surface area contributed by atoms with E-state index in [9.17, 15) is 5.11 Å². The van der Waals surface area contributed by atoms with E-state index in [-0.39, 0.29) is 5.92 Å². The van der Waals surface area contributed by atoms with E-state index in [1.54, 1.807) is 24.8 Å². The molecule has 1 aliphatic rings. The number of aromatic nitrogens is 3. The predicted octanol–water partition coefficient (Wildman–Crippen LogP) is 1.40. The van der Waals surface area contributed by atoms with Crippen LogP contribution < -0.4 is 10.6 Å². The number of rotatable bonds is 3. The highest BCUT2D eigenvalue weighted by molar-refractivity contribution is 5.41. The fourth-order valence-electron chi connectivity index (χ4n) is 2.79. The zero-order valence-electron chi connectivity index (χ0n) is 11.8. The molecule has 3 rings (SSSR count). The zero-order valence-corrected chi connectivity index (χ0v) is 11.8. The van der Waals surface area contributed by atoms with E-state index in [1.165, 1.54) is 0 Å². The van der Waals surface area contributed by atoms with Crippen LogP contribution in [0, 0.1) is 5.92 Å². The van der Waals surface area contributed by atoms with Crippen LogP contribution in [0.1, 0.15) is 24.5 Å². The molecular formula is C15H19N5O. The number of hydrogen-bond acceptors (Lipinski definition) is 6. The first-order valence-corrected chi connectivity index (χ1v) is 7.14. The molecule has 0 aromatic carbocycles. The van der Waals surface area contributed by atoms with E-state index in [2.05, 4.69) is 19.9 Å². The molecule has 2 aromatic rings. The fraction of sp³-hybridized carbons (Fsp3) is 0.400. The van der Waals surface area contributed by atoms with Gasteiger partial charge in [-0.25, -0.2) is 4.98 Å². The van der Waals surface area contributed by atoms with Gasteiger partial charge in [-0.15, -0.1) is 0 Å². The number of nitrogen functional groups attached to an aromatic ring is 1. The maximum absolute atomic E-state index is 10.4. The Labute approximate surface area is 123 Å². The molecule has 0 saturated carbocycles. The monoisotopic (exact) mass is 285 g/mol. The maximum atomic E-state index is 10.4. The van der Waals surface area contributed by atoms with Crippen LogP contribution in [0.5, 0.6) is 0 Å². The van der Waals surface area contributed by atoms with E-state index < -0.39 is 6.10 Å². The Morgan fingerprint density at radius 2 is 2.00 bits per heavy atom. The summed E-state index contributed by atoms with van der Waals surface area (Å²) >= 11 is 0. The third kappa shape index (κ3) is 3.11. The molecule has 21 heavy (non-hydrogen) atoms. The SMILES string of the molecule is Nc1cncc(N2CCC(C(O)c3cccnc3)CC2)n1. The Hall–Kier alpha value is -2.21. The van der Waals surface area contributed by atoms with Crippen LogP contribution in [0.3, 0.4) is 0 Å². The lowest BCUT2D eigenvalue weighted by molar-refractivity contribution is 0.0925. The highest BCUT2D eigenvalue weighted by Gasteiger charge is 2.27. The Morgan fingerprint density at radius 3 is 2.67 bits per heavy atom. The topological polar surface area (TPSA) is 88.2 Å². The molecule has 0 radical (unpaired) electrons. The van der Waals surface area contributed by atoms with Crippen molar-refractivity contribution < 1.29 is 5.11 Å². The number of nitrogens with two attached hydrogens (primary N) is 1. The summed E-state index contributed by atoms with van der Waals surface area (Å²) in [4.78, 5) is 14.6. The molecule has 3 heterocycles. The fourth-order valence-corrected chi connectivity index (χ4v) is 2.79. The maximum Gasteiger partial charge on any atom is 0.149 e. The number of piperidine rings is 1. The molecule has 1 atom stereocenters. The van der Waals surface area contributed by atoms with E-state index in [0.29, 0.717) is 5.82 Å². The molecule has 6 nitrogen and oxygen atoms in total. The van der Waals surface area contributed by atoms with E-state index in [0.717, 1.165) is 37.3 Å². The van der Waals surface area contributed by atoms with Crippen LogP contribution in [-0.2, 0) is 0 Å². The van der Waals surface area contributed by atoms with Gasteiger partial charge in [-0.3, -0.25) is 9.97 Å². The summed E-state index contributed by atoms with van der Waals surface area (Å²) < 4.78 is 0. The number of pyridine rings is 1. The second-order valence-electron chi connectivity index (χ2n) is 5.36. The molecule has 1 fully saturated rings. The summed E-state index contributed by atoms with van der Waals surface area (Å²) in [5.74, 6) is 1.49. The van der Waals surface area contributed by atoms with Crippen molar-refractivity contribution >= 4 is 11.6 Å². The van der Waals surface area contributed by atoms with Gasteiger partial charge in [0.25, 0.3) is 0 Å². The van der Waals surface area contributed by atoms with Gasteiger partial charge < -0.3 is 15.7 Å². The van der Waals surface area contributed by atoms with Gasteiger partial charge in [-0.1, -0.05) is 6.07 Å². The third-order valence-electron chi connectivity index (χ3n) is 3.98. The van der Waals surface area contributed by atoms with Crippen LogP contribution in [0.2, 0.25) is 0 Å². The smallest absolute Gasteiger partial charge is 0.149 e.